The summed E-state index contributed by atoms with van der Waals surface area (Å²) in [6.07, 6.45) is 0. The molecule has 90 valence electrons. The third-order valence-electron chi connectivity index (χ3n) is 2.61. The first-order valence-corrected chi connectivity index (χ1v) is 6.29. The number of thiophene rings is 1. The van der Waals surface area contributed by atoms with Crippen LogP contribution >= 0.6 is 11.3 Å². The fourth-order valence-corrected chi connectivity index (χ4v) is 2.30. The molecule has 1 unspecified atom stereocenters. The maximum absolute atomic E-state index is 13.6. The van der Waals surface area contributed by atoms with Gasteiger partial charge in [0.1, 0.15) is 11.6 Å². The van der Waals surface area contributed by atoms with Gasteiger partial charge in [-0.05, 0) is 24.4 Å². The van der Waals surface area contributed by atoms with E-state index in [4.69, 9.17) is 5.11 Å². The minimum Gasteiger partial charge on any atom is -0.508 e. The first-order valence-electron chi connectivity index (χ1n) is 5.41. The van der Waals surface area contributed by atoms with Crippen LogP contribution in [0.15, 0.2) is 35.7 Å². The molecule has 0 saturated carbocycles. The maximum Gasteiger partial charge on any atom is 0.131 e. The SMILES string of the molecule is CC(NCc1cccs1)c1ccc(O)cc1F. The Bertz CT molecular complexity index is 484. The van der Waals surface area contributed by atoms with Crippen LogP contribution in [0.2, 0.25) is 0 Å². The average molecular weight is 251 g/mol. The van der Waals surface area contributed by atoms with E-state index in [1.54, 1.807) is 17.4 Å². The van der Waals surface area contributed by atoms with Gasteiger partial charge in [-0.25, -0.2) is 4.39 Å². The van der Waals surface area contributed by atoms with Crippen LogP contribution in [0.1, 0.15) is 23.4 Å². The van der Waals surface area contributed by atoms with Crippen molar-refractivity contribution in [3.05, 3.63) is 52.0 Å². The number of phenols is 1. The topological polar surface area (TPSA) is 32.3 Å². The van der Waals surface area contributed by atoms with Crippen LogP contribution < -0.4 is 5.32 Å². The number of hydrogen-bond donors (Lipinski definition) is 2. The number of benzene rings is 1. The second kappa shape index (κ2) is 5.29. The summed E-state index contributed by atoms with van der Waals surface area (Å²) in [5.41, 5.74) is 0.569. The van der Waals surface area contributed by atoms with Crippen LogP contribution in [0.3, 0.4) is 0 Å². The highest BCUT2D eigenvalue weighted by Gasteiger charge is 2.10. The zero-order chi connectivity index (χ0) is 12.3. The highest BCUT2D eigenvalue weighted by molar-refractivity contribution is 7.09. The lowest BCUT2D eigenvalue weighted by molar-refractivity contribution is 0.463. The molecule has 4 heteroatoms. The van der Waals surface area contributed by atoms with Crippen molar-refractivity contribution < 1.29 is 9.50 Å². The van der Waals surface area contributed by atoms with Gasteiger partial charge in [0, 0.05) is 29.1 Å². The van der Waals surface area contributed by atoms with Crippen LogP contribution in [-0.4, -0.2) is 5.11 Å². The lowest BCUT2D eigenvalue weighted by Crippen LogP contribution is -2.18. The summed E-state index contributed by atoms with van der Waals surface area (Å²) in [4.78, 5) is 1.22. The van der Waals surface area contributed by atoms with Gasteiger partial charge in [-0.1, -0.05) is 12.1 Å². The minimum absolute atomic E-state index is 0.0447. The van der Waals surface area contributed by atoms with E-state index in [0.29, 0.717) is 5.56 Å². The Morgan fingerprint density at radius 3 is 2.88 bits per heavy atom. The normalized spacial score (nSPS) is 12.6. The summed E-state index contributed by atoms with van der Waals surface area (Å²) >= 11 is 1.67. The van der Waals surface area contributed by atoms with Crippen molar-refractivity contribution in [2.45, 2.75) is 19.5 Å². The van der Waals surface area contributed by atoms with Gasteiger partial charge < -0.3 is 10.4 Å². The molecule has 2 N–H and O–H groups in total. The van der Waals surface area contributed by atoms with Crippen LogP contribution in [0.4, 0.5) is 4.39 Å². The Labute approximate surface area is 104 Å². The number of halogens is 1. The second-order valence-electron chi connectivity index (χ2n) is 3.89. The smallest absolute Gasteiger partial charge is 0.131 e. The molecule has 0 aliphatic rings. The Kier molecular flexibility index (Phi) is 3.76. The van der Waals surface area contributed by atoms with E-state index in [9.17, 15) is 4.39 Å². The second-order valence-corrected chi connectivity index (χ2v) is 4.92. The van der Waals surface area contributed by atoms with Gasteiger partial charge in [-0.3, -0.25) is 0 Å². The van der Waals surface area contributed by atoms with Crippen LogP contribution in [-0.2, 0) is 6.54 Å². The molecule has 0 bridgehead atoms. The molecule has 17 heavy (non-hydrogen) atoms. The summed E-state index contributed by atoms with van der Waals surface area (Å²) in [6, 6.07) is 8.19. The molecule has 0 aliphatic heterocycles. The van der Waals surface area contributed by atoms with Crippen LogP contribution in [0.5, 0.6) is 5.75 Å². The largest absolute Gasteiger partial charge is 0.508 e. The van der Waals surface area contributed by atoms with Gasteiger partial charge >= 0.3 is 0 Å². The molecule has 1 heterocycles. The molecular weight excluding hydrogens is 237 g/mol. The molecule has 2 nitrogen and oxygen atoms in total. The molecule has 0 amide bonds. The Balaban J connectivity index is 2.01. The molecule has 1 aromatic heterocycles. The molecule has 0 saturated heterocycles. The molecule has 0 fully saturated rings. The van der Waals surface area contributed by atoms with Crippen molar-refractivity contribution in [3.63, 3.8) is 0 Å². The van der Waals surface area contributed by atoms with E-state index < -0.39 is 0 Å². The standard InChI is InChI=1S/C13H14FNOS/c1-9(15-8-11-3-2-6-17-11)12-5-4-10(16)7-13(12)14/h2-7,9,15-16H,8H2,1H3. The van der Waals surface area contributed by atoms with Crippen molar-refractivity contribution in [2.75, 3.05) is 0 Å². The van der Waals surface area contributed by atoms with Crippen molar-refractivity contribution >= 4 is 11.3 Å². The lowest BCUT2D eigenvalue weighted by Gasteiger charge is -2.14. The minimum atomic E-state index is -0.379. The zero-order valence-electron chi connectivity index (χ0n) is 9.48. The number of phenolic OH excluding ortho intramolecular Hbond substituents is 1. The lowest BCUT2D eigenvalue weighted by atomic mass is 10.1. The first kappa shape index (κ1) is 12.1. The third kappa shape index (κ3) is 3.05. The summed E-state index contributed by atoms with van der Waals surface area (Å²) in [6.45, 7) is 2.63. The van der Waals surface area contributed by atoms with Crippen molar-refractivity contribution in [3.8, 4) is 5.75 Å². The number of nitrogens with one attached hydrogen (secondary N) is 1. The Morgan fingerprint density at radius 2 is 2.24 bits per heavy atom. The van der Waals surface area contributed by atoms with E-state index in [1.165, 1.54) is 10.9 Å². The molecule has 0 spiro atoms. The van der Waals surface area contributed by atoms with Crippen LogP contribution in [0, 0.1) is 5.82 Å². The van der Waals surface area contributed by atoms with E-state index in [1.807, 2.05) is 24.4 Å². The maximum atomic E-state index is 13.6. The van der Waals surface area contributed by atoms with Crippen molar-refractivity contribution in [2.24, 2.45) is 0 Å². The highest BCUT2D eigenvalue weighted by Crippen LogP contribution is 2.21. The molecule has 2 aromatic rings. The zero-order valence-corrected chi connectivity index (χ0v) is 10.3. The highest BCUT2D eigenvalue weighted by atomic mass is 32.1. The van der Waals surface area contributed by atoms with Gasteiger partial charge in [0.25, 0.3) is 0 Å². The molecule has 2 rings (SSSR count). The van der Waals surface area contributed by atoms with E-state index in [-0.39, 0.29) is 17.6 Å². The number of rotatable bonds is 4. The summed E-state index contributed by atoms with van der Waals surface area (Å²) < 4.78 is 13.6. The predicted octanol–water partition coefficient (Wildman–Crippen LogP) is 3.44. The van der Waals surface area contributed by atoms with Crippen molar-refractivity contribution in [1.29, 1.82) is 0 Å². The van der Waals surface area contributed by atoms with Gasteiger partial charge in [-0.2, -0.15) is 0 Å². The summed E-state index contributed by atoms with van der Waals surface area (Å²) in [7, 11) is 0. The fraction of sp³-hybridized carbons (Fsp3) is 0.231. The molecule has 0 radical (unpaired) electrons. The van der Waals surface area contributed by atoms with Gasteiger partial charge in [0.15, 0.2) is 0 Å². The number of hydrogen-bond acceptors (Lipinski definition) is 3. The van der Waals surface area contributed by atoms with Crippen LogP contribution in [0.25, 0.3) is 0 Å². The Morgan fingerprint density at radius 1 is 1.41 bits per heavy atom. The summed E-state index contributed by atoms with van der Waals surface area (Å²) in [5, 5.41) is 14.4. The average Bonchev–Trinajstić information content (AvgIpc) is 2.78. The molecule has 1 aromatic carbocycles. The van der Waals surface area contributed by atoms with Gasteiger partial charge in [0.05, 0.1) is 0 Å². The molecular formula is C13H14FNOS. The quantitative estimate of drug-likeness (QED) is 0.872. The fourth-order valence-electron chi connectivity index (χ4n) is 1.64. The molecule has 0 aliphatic carbocycles. The third-order valence-corrected chi connectivity index (χ3v) is 3.49. The first-order chi connectivity index (χ1) is 8.16. The monoisotopic (exact) mass is 251 g/mol. The van der Waals surface area contributed by atoms with Gasteiger partial charge in [-0.15, -0.1) is 11.3 Å². The Hall–Kier alpha value is -1.39. The van der Waals surface area contributed by atoms with E-state index in [2.05, 4.69) is 5.32 Å². The van der Waals surface area contributed by atoms with E-state index >= 15 is 0 Å². The molecule has 1 atom stereocenters. The van der Waals surface area contributed by atoms with Gasteiger partial charge in [0.2, 0.25) is 0 Å². The predicted molar refractivity (Wildman–Crippen MR) is 67.6 cm³/mol. The van der Waals surface area contributed by atoms with Crippen molar-refractivity contribution in [1.82, 2.24) is 5.32 Å². The summed E-state index contributed by atoms with van der Waals surface area (Å²) in [5.74, 6) is -0.423. The van der Waals surface area contributed by atoms with E-state index in [0.717, 1.165) is 12.6 Å². The number of aromatic hydroxyl groups is 1.